The number of hydrogen-bond donors (Lipinski definition) is 1. The van der Waals surface area contributed by atoms with E-state index in [0.717, 1.165) is 6.08 Å². The quantitative estimate of drug-likeness (QED) is 0.821. The summed E-state index contributed by atoms with van der Waals surface area (Å²) in [4.78, 5) is 0. The Morgan fingerprint density at radius 1 is 0.947 bits per heavy atom. The van der Waals surface area contributed by atoms with Gasteiger partial charge in [-0.15, -0.1) is 0 Å². The van der Waals surface area contributed by atoms with Crippen LogP contribution < -0.4 is 0 Å². The van der Waals surface area contributed by atoms with Crippen LogP contribution in [0, 0.1) is 5.82 Å². The van der Waals surface area contributed by atoms with Gasteiger partial charge in [0.2, 0.25) is 0 Å². The van der Waals surface area contributed by atoms with Gasteiger partial charge < -0.3 is 5.11 Å². The molecule has 0 bridgehead atoms. The summed E-state index contributed by atoms with van der Waals surface area (Å²) in [6.07, 6.45) is -11.2. The largest absolute Gasteiger partial charge is 0.430 e. The Balaban J connectivity index is 3.60. The molecule has 1 nitrogen and oxygen atoms in total. The van der Waals surface area contributed by atoms with Gasteiger partial charge in [0.1, 0.15) is 5.82 Å². The van der Waals surface area contributed by atoms with Crippen molar-refractivity contribution >= 4 is 6.08 Å². The van der Waals surface area contributed by atoms with E-state index in [0.29, 0.717) is 12.1 Å². The van der Waals surface area contributed by atoms with Crippen molar-refractivity contribution in [3.05, 3.63) is 41.7 Å². The van der Waals surface area contributed by atoms with Crippen LogP contribution in [0.1, 0.15) is 11.1 Å². The molecule has 0 heterocycles. The molecule has 1 N–H and O–H groups in total. The van der Waals surface area contributed by atoms with Gasteiger partial charge in [-0.25, -0.2) is 4.39 Å². The molecule has 19 heavy (non-hydrogen) atoms. The van der Waals surface area contributed by atoms with Crippen molar-refractivity contribution in [2.75, 3.05) is 0 Å². The summed E-state index contributed by atoms with van der Waals surface area (Å²) < 4.78 is 88.2. The molecule has 0 unspecified atom stereocenters. The van der Waals surface area contributed by atoms with E-state index in [1.807, 2.05) is 0 Å². The molecule has 0 aromatic heterocycles. The second kappa shape index (κ2) is 4.52. The first-order chi connectivity index (χ1) is 8.43. The zero-order valence-electron chi connectivity index (χ0n) is 9.11. The van der Waals surface area contributed by atoms with Gasteiger partial charge in [-0.1, -0.05) is 12.7 Å². The number of rotatable bonds is 2. The van der Waals surface area contributed by atoms with Crippen LogP contribution in [-0.2, 0) is 5.60 Å². The standard InChI is InChI=1S/C11H7F7O/c1-2-6-3-7(5-8(12)4-6)9(19,10(13,14)15)11(16,17)18/h2-5,19H,1H2. The van der Waals surface area contributed by atoms with Gasteiger partial charge in [-0.05, 0) is 23.8 Å². The summed E-state index contributed by atoms with van der Waals surface area (Å²) in [5.41, 5.74) is -7.11. The smallest absolute Gasteiger partial charge is 0.369 e. The topological polar surface area (TPSA) is 20.2 Å². The summed E-state index contributed by atoms with van der Waals surface area (Å²) >= 11 is 0. The van der Waals surface area contributed by atoms with Gasteiger partial charge >= 0.3 is 12.4 Å². The Morgan fingerprint density at radius 2 is 1.42 bits per heavy atom. The molecule has 0 aliphatic heterocycles. The molecule has 0 aliphatic rings. The van der Waals surface area contributed by atoms with Crippen LogP contribution in [0.3, 0.4) is 0 Å². The van der Waals surface area contributed by atoms with Crippen LogP contribution in [0.25, 0.3) is 6.08 Å². The van der Waals surface area contributed by atoms with Crippen molar-refractivity contribution in [2.24, 2.45) is 0 Å². The average molecular weight is 288 g/mol. The number of hydrogen-bond acceptors (Lipinski definition) is 1. The van der Waals surface area contributed by atoms with E-state index in [2.05, 4.69) is 6.58 Å². The van der Waals surface area contributed by atoms with Gasteiger partial charge in [0.15, 0.2) is 0 Å². The second-order valence-corrected chi connectivity index (χ2v) is 3.68. The van der Waals surface area contributed by atoms with Crippen molar-refractivity contribution in [3.8, 4) is 0 Å². The van der Waals surface area contributed by atoms with Crippen LogP contribution in [0.2, 0.25) is 0 Å². The lowest BCUT2D eigenvalue weighted by molar-refractivity contribution is -0.376. The molecule has 0 atom stereocenters. The SMILES string of the molecule is C=Cc1cc(F)cc(C(O)(C(F)(F)F)C(F)(F)F)c1. The monoisotopic (exact) mass is 288 g/mol. The van der Waals surface area contributed by atoms with Crippen LogP contribution >= 0.6 is 0 Å². The van der Waals surface area contributed by atoms with Gasteiger partial charge in [0.05, 0.1) is 0 Å². The molecular formula is C11H7F7O. The fourth-order valence-electron chi connectivity index (χ4n) is 1.43. The highest BCUT2D eigenvalue weighted by molar-refractivity contribution is 5.49. The van der Waals surface area contributed by atoms with E-state index in [9.17, 15) is 30.7 Å². The Kier molecular flexibility index (Phi) is 3.68. The van der Waals surface area contributed by atoms with Crippen molar-refractivity contribution in [1.29, 1.82) is 0 Å². The minimum absolute atomic E-state index is 0.0199. The molecule has 1 rings (SSSR count). The molecular weight excluding hydrogens is 281 g/mol. The van der Waals surface area contributed by atoms with Crippen LogP contribution in [0.15, 0.2) is 24.8 Å². The summed E-state index contributed by atoms with van der Waals surface area (Å²) in [6, 6.07) is 1.04. The predicted octanol–water partition coefficient (Wildman–Crippen LogP) is 3.78. The van der Waals surface area contributed by atoms with E-state index in [1.165, 1.54) is 0 Å². The normalized spacial score (nSPS) is 13.5. The first kappa shape index (κ1) is 15.5. The summed E-state index contributed by atoms with van der Waals surface area (Å²) in [7, 11) is 0. The molecule has 0 saturated carbocycles. The highest BCUT2D eigenvalue weighted by Gasteiger charge is 2.71. The van der Waals surface area contributed by atoms with Crippen molar-refractivity contribution in [2.45, 2.75) is 18.0 Å². The predicted molar refractivity (Wildman–Crippen MR) is 52.5 cm³/mol. The zero-order valence-corrected chi connectivity index (χ0v) is 9.11. The van der Waals surface area contributed by atoms with Gasteiger partial charge in [-0.2, -0.15) is 26.3 Å². The van der Waals surface area contributed by atoms with E-state index in [-0.39, 0.29) is 11.6 Å². The second-order valence-electron chi connectivity index (χ2n) is 3.68. The first-order valence-electron chi connectivity index (χ1n) is 4.73. The molecule has 1 aromatic carbocycles. The molecule has 0 fully saturated rings. The van der Waals surface area contributed by atoms with Gasteiger partial charge in [0.25, 0.3) is 5.60 Å². The summed E-state index contributed by atoms with van der Waals surface area (Å²) in [5, 5.41) is 9.05. The number of benzene rings is 1. The molecule has 0 saturated heterocycles. The average Bonchev–Trinajstić information content (AvgIpc) is 2.23. The van der Waals surface area contributed by atoms with Gasteiger partial charge in [0, 0.05) is 5.56 Å². The Hall–Kier alpha value is -1.57. The van der Waals surface area contributed by atoms with E-state index >= 15 is 0 Å². The first-order valence-corrected chi connectivity index (χ1v) is 4.73. The molecule has 106 valence electrons. The maximum absolute atomic E-state index is 13.0. The lowest BCUT2D eigenvalue weighted by atomic mass is 9.91. The molecule has 0 spiro atoms. The number of aliphatic hydroxyl groups is 1. The molecule has 1 aromatic rings. The van der Waals surface area contributed by atoms with Gasteiger partial charge in [-0.3, -0.25) is 0 Å². The number of halogens is 7. The molecule has 0 aliphatic carbocycles. The molecule has 0 amide bonds. The summed E-state index contributed by atoms with van der Waals surface area (Å²) in [5.74, 6) is -1.35. The van der Waals surface area contributed by atoms with Crippen molar-refractivity contribution in [3.63, 3.8) is 0 Å². The van der Waals surface area contributed by atoms with Crippen molar-refractivity contribution in [1.82, 2.24) is 0 Å². The van der Waals surface area contributed by atoms with E-state index in [4.69, 9.17) is 5.11 Å². The van der Waals surface area contributed by atoms with E-state index < -0.39 is 29.3 Å². The van der Waals surface area contributed by atoms with Crippen LogP contribution in [0.5, 0.6) is 0 Å². The minimum atomic E-state index is -6.04. The molecule has 8 heteroatoms. The zero-order chi connectivity index (χ0) is 15.1. The lowest BCUT2D eigenvalue weighted by Gasteiger charge is -2.32. The van der Waals surface area contributed by atoms with Crippen molar-refractivity contribution < 1.29 is 35.8 Å². The fraction of sp³-hybridized carbons (Fsp3) is 0.273. The van der Waals surface area contributed by atoms with E-state index in [1.54, 1.807) is 0 Å². The maximum Gasteiger partial charge on any atom is 0.430 e. The third kappa shape index (κ3) is 2.58. The minimum Gasteiger partial charge on any atom is -0.369 e. The lowest BCUT2D eigenvalue weighted by Crippen LogP contribution is -2.54. The third-order valence-corrected chi connectivity index (χ3v) is 2.39. The highest BCUT2D eigenvalue weighted by Crippen LogP contribution is 2.50. The maximum atomic E-state index is 13.0. The fourth-order valence-corrected chi connectivity index (χ4v) is 1.43. The van der Waals surface area contributed by atoms with Crippen LogP contribution in [0.4, 0.5) is 30.7 Å². The Morgan fingerprint density at radius 3 is 1.79 bits per heavy atom. The number of alkyl halides is 6. The Bertz CT molecular complexity index is 473. The van der Waals surface area contributed by atoms with Crippen LogP contribution in [-0.4, -0.2) is 17.5 Å². The highest BCUT2D eigenvalue weighted by atomic mass is 19.4. The third-order valence-electron chi connectivity index (χ3n) is 2.39. The Labute approximate surface area is 103 Å². The molecule has 0 radical (unpaired) electrons. The summed E-state index contributed by atoms with van der Waals surface area (Å²) in [6.45, 7) is 3.11.